The Balaban J connectivity index is 1.62. The van der Waals surface area contributed by atoms with E-state index >= 15 is 0 Å². The third-order valence-corrected chi connectivity index (χ3v) is 5.39. The first-order valence-electron chi connectivity index (χ1n) is 9.00. The number of carbonyl (C=O) groups excluding carboxylic acids is 1. The Labute approximate surface area is 168 Å². The van der Waals surface area contributed by atoms with Crippen LogP contribution in [0.2, 0.25) is 0 Å². The molecular weight excluding hydrogens is 372 g/mol. The molecule has 144 valence electrons. The molecule has 0 radical (unpaired) electrons. The molecule has 2 aromatic carbocycles. The van der Waals surface area contributed by atoms with Crippen molar-refractivity contribution in [1.29, 1.82) is 0 Å². The van der Waals surface area contributed by atoms with Crippen LogP contribution in [0.4, 0.5) is 0 Å². The van der Waals surface area contributed by atoms with Gasteiger partial charge in [-0.2, -0.15) is 0 Å². The van der Waals surface area contributed by atoms with Crippen LogP contribution in [0.3, 0.4) is 0 Å². The van der Waals surface area contributed by atoms with Crippen molar-refractivity contribution >= 4 is 23.2 Å². The Kier molecular flexibility index (Phi) is 5.90. The lowest BCUT2D eigenvalue weighted by molar-refractivity contribution is 0.0696. The summed E-state index contributed by atoms with van der Waals surface area (Å²) in [5.74, 6) is -1.05. The van der Waals surface area contributed by atoms with Crippen molar-refractivity contribution in [2.24, 2.45) is 0 Å². The molecule has 0 aliphatic carbocycles. The highest BCUT2D eigenvalue weighted by Gasteiger charge is 2.26. The van der Waals surface area contributed by atoms with E-state index in [2.05, 4.69) is 5.32 Å². The number of thiazole rings is 1. The van der Waals surface area contributed by atoms with Crippen LogP contribution >= 0.6 is 11.3 Å². The van der Waals surface area contributed by atoms with Crippen molar-refractivity contribution in [2.45, 2.75) is 32.2 Å². The maximum Gasteiger partial charge on any atom is 0.335 e. The SMILES string of the molecule is CC(C)(NC(=O)c1ccccc1)c1csc(CCc2ccc(C(=O)O)cc2)n1. The predicted molar refractivity (Wildman–Crippen MR) is 110 cm³/mol. The number of rotatable bonds is 7. The van der Waals surface area contributed by atoms with Gasteiger partial charge in [-0.1, -0.05) is 30.3 Å². The molecule has 1 amide bonds. The highest BCUT2D eigenvalue weighted by atomic mass is 32.1. The van der Waals surface area contributed by atoms with Gasteiger partial charge in [0, 0.05) is 17.4 Å². The number of benzene rings is 2. The summed E-state index contributed by atoms with van der Waals surface area (Å²) in [5.41, 5.74) is 2.23. The Morgan fingerprint density at radius 3 is 2.32 bits per heavy atom. The van der Waals surface area contributed by atoms with Gasteiger partial charge in [0.05, 0.1) is 21.8 Å². The lowest BCUT2D eigenvalue weighted by Crippen LogP contribution is -2.41. The molecule has 0 spiro atoms. The molecule has 0 bridgehead atoms. The van der Waals surface area contributed by atoms with Gasteiger partial charge in [0.25, 0.3) is 5.91 Å². The molecule has 0 fully saturated rings. The van der Waals surface area contributed by atoms with E-state index in [1.54, 1.807) is 35.6 Å². The first-order valence-corrected chi connectivity index (χ1v) is 9.88. The summed E-state index contributed by atoms with van der Waals surface area (Å²) in [6, 6.07) is 16.0. The number of hydrogen-bond donors (Lipinski definition) is 2. The number of carboxylic acid groups (broad SMARTS) is 1. The summed E-state index contributed by atoms with van der Waals surface area (Å²) < 4.78 is 0. The zero-order valence-electron chi connectivity index (χ0n) is 15.8. The van der Waals surface area contributed by atoms with E-state index in [1.165, 1.54) is 0 Å². The molecule has 28 heavy (non-hydrogen) atoms. The van der Waals surface area contributed by atoms with Crippen molar-refractivity contribution in [2.75, 3.05) is 0 Å². The number of hydrogen-bond acceptors (Lipinski definition) is 4. The van der Waals surface area contributed by atoms with Gasteiger partial charge in [-0.15, -0.1) is 11.3 Å². The van der Waals surface area contributed by atoms with Gasteiger partial charge in [0.2, 0.25) is 0 Å². The van der Waals surface area contributed by atoms with Gasteiger partial charge in [0.1, 0.15) is 0 Å². The molecule has 0 aliphatic rings. The van der Waals surface area contributed by atoms with Crippen LogP contribution in [0.25, 0.3) is 0 Å². The monoisotopic (exact) mass is 394 g/mol. The topological polar surface area (TPSA) is 79.3 Å². The van der Waals surface area contributed by atoms with Crippen LogP contribution in [0.15, 0.2) is 60.0 Å². The molecule has 0 atom stereocenters. The Hall–Kier alpha value is -2.99. The van der Waals surface area contributed by atoms with E-state index in [1.807, 2.05) is 49.6 Å². The van der Waals surface area contributed by atoms with Gasteiger partial charge in [0.15, 0.2) is 0 Å². The average molecular weight is 394 g/mol. The van der Waals surface area contributed by atoms with Crippen LogP contribution in [-0.4, -0.2) is 22.0 Å². The van der Waals surface area contributed by atoms with Gasteiger partial charge < -0.3 is 10.4 Å². The Bertz CT molecular complexity index is 963. The second kappa shape index (κ2) is 8.35. The molecule has 0 aliphatic heterocycles. The van der Waals surface area contributed by atoms with E-state index < -0.39 is 11.5 Å². The fraction of sp³-hybridized carbons (Fsp3) is 0.227. The molecule has 0 saturated carbocycles. The molecule has 3 aromatic rings. The fourth-order valence-corrected chi connectivity index (χ4v) is 3.75. The minimum Gasteiger partial charge on any atom is -0.478 e. The maximum absolute atomic E-state index is 12.4. The van der Waals surface area contributed by atoms with Crippen LogP contribution in [0, 0.1) is 0 Å². The molecule has 0 unspecified atom stereocenters. The standard InChI is InChI=1S/C22H22N2O3S/c1-22(2,24-20(25)16-6-4-3-5-7-16)18-14-28-19(23-18)13-10-15-8-11-17(12-9-15)21(26)27/h3-9,11-12,14H,10,13H2,1-2H3,(H,24,25)(H,26,27). The van der Waals surface area contributed by atoms with Crippen molar-refractivity contribution < 1.29 is 14.7 Å². The van der Waals surface area contributed by atoms with Crippen molar-refractivity contribution in [3.8, 4) is 0 Å². The highest BCUT2D eigenvalue weighted by Crippen LogP contribution is 2.24. The number of aromatic nitrogens is 1. The third-order valence-electron chi connectivity index (χ3n) is 4.48. The number of nitrogens with one attached hydrogen (secondary N) is 1. The maximum atomic E-state index is 12.4. The van der Waals surface area contributed by atoms with Gasteiger partial charge >= 0.3 is 5.97 Å². The van der Waals surface area contributed by atoms with E-state index in [0.717, 1.165) is 29.1 Å². The van der Waals surface area contributed by atoms with E-state index in [-0.39, 0.29) is 11.5 Å². The molecule has 6 heteroatoms. The number of amides is 1. The molecule has 2 N–H and O–H groups in total. The van der Waals surface area contributed by atoms with Gasteiger partial charge in [-0.25, -0.2) is 9.78 Å². The fourth-order valence-electron chi connectivity index (χ4n) is 2.79. The largest absolute Gasteiger partial charge is 0.478 e. The van der Waals surface area contributed by atoms with Crippen LogP contribution in [0.5, 0.6) is 0 Å². The molecular formula is C22H22N2O3S. The zero-order chi connectivity index (χ0) is 20.1. The number of aryl methyl sites for hydroxylation is 2. The Morgan fingerprint density at radius 2 is 1.68 bits per heavy atom. The highest BCUT2D eigenvalue weighted by molar-refractivity contribution is 7.09. The second-order valence-corrected chi connectivity index (χ2v) is 8.02. The summed E-state index contributed by atoms with van der Waals surface area (Å²) in [6.07, 6.45) is 1.55. The molecule has 3 rings (SSSR count). The average Bonchev–Trinajstić information content (AvgIpc) is 3.17. The van der Waals surface area contributed by atoms with E-state index in [4.69, 9.17) is 10.1 Å². The third kappa shape index (κ3) is 4.84. The molecule has 0 saturated heterocycles. The first kappa shape index (κ1) is 19.8. The minimum atomic E-state index is -0.920. The van der Waals surface area contributed by atoms with Gasteiger partial charge in [-0.3, -0.25) is 4.79 Å². The van der Waals surface area contributed by atoms with Gasteiger partial charge in [-0.05, 0) is 50.1 Å². The number of carboxylic acids is 1. The lowest BCUT2D eigenvalue weighted by atomic mass is 10.0. The van der Waals surface area contributed by atoms with Crippen molar-refractivity contribution in [1.82, 2.24) is 10.3 Å². The zero-order valence-corrected chi connectivity index (χ0v) is 16.6. The summed E-state index contributed by atoms with van der Waals surface area (Å²) in [4.78, 5) is 28.1. The first-order chi connectivity index (χ1) is 13.3. The minimum absolute atomic E-state index is 0.126. The number of aromatic carboxylic acids is 1. The quantitative estimate of drug-likeness (QED) is 0.626. The summed E-state index contributed by atoms with van der Waals surface area (Å²) in [5, 5.41) is 15.0. The number of carbonyl (C=O) groups is 2. The predicted octanol–water partition coefficient (Wildman–Crippen LogP) is 4.29. The summed E-state index contributed by atoms with van der Waals surface area (Å²) >= 11 is 1.57. The molecule has 1 aromatic heterocycles. The summed E-state index contributed by atoms with van der Waals surface area (Å²) in [7, 11) is 0. The van der Waals surface area contributed by atoms with Crippen molar-refractivity contribution in [3.63, 3.8) is 0 Å². The van der Waals surface area contributed by atoms with E-state index in [0.29, 0.717) is 5.56 Å². The molecule has 1 heterocycles. The Morgan fingerprint density at radius 1 is 1.00 bits per heavy atom. The van der Waals surface area contributed by atoms with E-state index in [9.17, 15) is 9.59 Å². The van der Waals surface area contributed by atoms with Crippen molar-refractivity contribution in [3.05, 3.63) is 87.4 Å². The smallest absolute Gasteiger partial charge is 0.335 e. The molecule has 5 nitrogen and oxygen atoms in total. The van der Waals surface area contributed by atoms with Crippen LogP contribution < -0.4 is 5.32 Å². The van der Waals surface area contributed by atoms with Crippen LogP contribution in [-0.2, 0) is 18.4 Å². The normalized spacial score (nSPS) is 11.2. The van der Waals surface area contributed by atoms with Crippen LogP contribution in [0.1, 0.15) is 50.8 Å². The second-order valence-electron chi connectivity index (χ2n) is 7.07. The number of nitrogens with zero attached hydrogens (tertiary/aromatic N) is 1. The lowest BCUT2D eigenvalue weighted by Gasteiger charge is -2.24. The summed E-state index contributed by atoms with van der Waals surface area (Å²) in [6.45, 7) is 3.88.